The van der Waals surface area contributed by atoms with Crippen LogP contribution in [0.5, 0.6) is 5.75 Å². The molecule has 2 aromatic carbocycles. The summed E-state index contributed by atoms with van der Waals surface area (Å²) < 4.78 is 15.3. The zero-order valence-electron chi connectivity index (χ0n) is 15.8. The molecule has 152 valence electrons. The molecule has 2 aromatic rings. The van der Waals surface area contributed by atoms with E-state index < -0.39 is 17.5 Å². The molecular formula is C20H20N2O7. The number of anilines is 1. The molecule has 0 N–H and O–H groups in total. The number of esters is 1. The lowest BCUT2D eigenvalue weighted by atomic mass is 10.1. The quantitative estimate of drug-likeness (QED) is 0.302. The molecule has 0 spiro atoms. The molecule has 29 heavy (non-hydrogen) atoms. The topological polar surface area (TPSA) is 108 Å². The van der Waals surface area contributed by atoms with Gasteiger partial charge in [-0.15, -0.1) is 0 Å². The van der Waals surface area contributed by atoms with E-state index in [0.29, 0.717) is 43.3 Å². The Morgan fingerprint density at radius 3 is 2.38 bits per heavy atom. The van der Waals surface area contributed by atoms with Crippen LogP contribution >= 0.6 is 0 Å². The maximum absolute atomic E-state index is 12.3. The van der Waals surface area contributed by atoms with Gasteiger partial charge in [0.1, 0.15) is 11.4 Å². The van der Waals surface area contributed by atoms with Gasteiger partial charge in [-0.05, 0) is 36.4 Å². The number of benzene rings is 2. The monoisotopic (exact) mass is 400 g/mol. The van der Waals surface area contributed by atoms with Crippen molar-refractivity contribution in [3.05, 3.63) is 63.7 Å². The fraction of sp³-hybridized carbons (Fsp3) is 0.300. The summed E-state index contributed by atoms with van der Waals surface area (Å²) in [5, 5.41) is 11.5. The maximum atomic E-state index is 12.3. The molecule has 3 rings (SSSR count). The molecule has 9 heteroatoms. The van der Waals surface area contributed by atoms with Gasteiger partial charge in [0, 0.05) is 24.7 Å². The Bertz CT molecular complexity index is 906. The van der Waals surface area contributed by atoms with Crippen molar-refractivity contribution in [2.75, 3.05) is 44.9 Å². The first-order chi connectivity index (χ1) is 14.0. The highest BCUT2D eigenvalue weighted by atomic mass is 16.6. The minimum absolute atomic E-state index is 0.0104. The third-order valence-electron chi connectivity index (χ3n) is 4.51. The molecule has 0 radical (unpaired) electrons. The Kier molecular flexibility index (Phi) is 6.40. The molecule has 0 aliphatic carbocycles. The van der Waals surface area contributed by atoms with Gasteiger partial charge in [-0.2, -0.15) is 0 Å². The van der Waals surface area contributed by atoms with E-state index in [1.54, 1.807) is 24.3 Å². The molecular weight excluding hydrogens is 380 g/mol. The number of carbonyl (C=O) groups excluding carboxylic acids is 2. The van der Waals surface area contributed by atoms with Crippen molar-refractivity contribution in [2.24, 2.45) is 0 Å². The number of methoxy groups -OCH3 is 1. The van der Waals surface area contributed by atoms with Gasteiger partial charge < -0.3 is 19.1 Å². The van der Waals surface area contributed by atoms with Gasteiger partial charge in [-0.3, -0.25) is 14.9 Å². The first kappa shape index (κ1) is 20.3. The summed E-state index contributed by atoms with van der Waals surface area (Å²) in [5.41, 5.74) is 0.607. The maximum Gasteiger partial charge on any atom is 0.338 e. The normalized spacial score (nSPS) is 13.6. The molecule has 0 aromatic heterocycles. The average molecular weight is 400 g/mol. The van der Waals surface area contributed by atoms with E-state index in [1.807, 2.05) is 4.90 Å². The second-order valence-electron chi connectivity index (χ2n) is 6.29. The Labute approximate surface area is 166 Å². The van der Waals surface area contributed by atoms with Gasteiger partial charge >= 0.3 is 5.97 Å². The van der Waals surface area contributed by atoms with Crippen LogP contribution in [0.25, 0.3) is 0 Å². The van der Waals surface area contributed by atoms with Crippen LogP contribution in [-0.4, -0.2) is 56.7 Å². The molecule has 0 amide bonds. The van der Waals surface area contributed by atoms with Crippen LogP contribution in [0.3, 0.4) is 0 Å². The summed E-state index contributed by atoms with van der Waals surface area (Å²) in [5.74, 6) is -0.588. The molecule has 9 nitrogen and oxygen atoms in total. The van der Waals surface area contributed by atoms with E-state index in [9.17, 15) is 19.7 Å². The van der Waals surface area contributed by atoms with Crippen molar-refractivity contribution < 1.29 is 28.7 Å². The third-order valence-corrected chi connectivity index (χ3v) is 4.51. The zero-order valence-corrected chi connectivity index (χ0v) is 15.8. The fourth-order valence-corrected chi connectivity index (χ4v) is 2.94. The van der Waals surface area contributed by atoms with Gasteiger partial charge in [-0.1, -0.05) is 0 Å². The molecule has 0 bridgehead atoms. The highest BCUT2D eigenvalue weighted by Gasteiger charge is 2.24. The minimum Gasteiger partial charge on any atom is -0.497 e. The van der Waals surface area contributed by atoms with Gasteiger partial charge in [0.25, 0.3) is 5.69 Å². The number of hydrogen-bond acceptors (Lipinski definition) is 8. The SMILES string of the molecule is COc1ccc(C(=O)COC(=O)c2ccc(N3CCOCC3)c([N+](=O)[O-])c2)cc1. The molecule has 1 aliphatic rings. The van der Waals surface area contributed by atoms with Gasteiger partial charge in [0.2, 0.25) is 0 Å². The van der Waals surface area contributed by atoms with E-state index in [0.717, 1.165) is 0 Å². The average Bonchev–Trinajstić information content (AvgIpc) is 2.77. The summed E-state index contributed by atoms with van der Waals surface area (Å²) in [6.45, 7) is 1.55. The van der Waals surface area contributed by atoms with E-state index in [4.69, 9.17) is 14.2 Å². The number of rotatable bonds is 7. The van der Waals surface area contributed by atoms with E-state index in [1.165, 1.54) is 25.3 Å². The Morgan fingerprint density at radius 1 is 1.10 bits per heavy atom. The van der Waals surface area contributed by atoms with Crippen molar-refractivity contribution in [2.45, 2.75) is 0 Å². The summed E-state index contributed by atoms with van der Waals surface area (Å²) >= 11 is 0. The molecule has 1 saturated heterocycles. The highest BCUT2D eigenvalue weighted by molar-refractivity contribution is 5.99. The van der Waals surface area contributed by atoms with Crippen LogP contribution in [0.15, 0.2) is 42.5 Å². The van der Waals surface area contributed by atoms with Crippen molar-refractivity contribution in [3.8, 4) is 5.75 Å². The van der Waals surface area contributed by atoms with Crippen LogP contribution in [0.4, 0.5) is 11.4 Å². The number of ketones is 1. The summed E-state index contributed by atoms with van der Waals surface area (Å²) in [7, 11) is 1.52. The van der Waals surface area contributed by atoms with Crippen molar-refractivity contribution in [1.29, 1.82) is 0 Å². The smallest absolute Gasteiger partial charge is 0.338 e. The third kappa shape index (κ3) is 4.88. The lowest BCUT2D eigenvalue weighted by Gasteiger charge is -2.28. The Balaban J connectivity index is 1.69. The van der Waals surface area contributed by atoms with Crippen LogP contribution < -0.4 is 9.64 Å². The fourth-order valence-electron chi connectivity index (χ4n) is 2.94. The Morgan fingerprint density at radius 2 is 1.76 bits per heavy atom. The lowest BCUT2D eigenvalue weighted by molar-refractivity contribution is -0.384. The zero-order chi connectivity index (χ0) is 20.8. The minimum atomic E-state index is -0.802. The number of ether oxygens (including phenoxy) is 3. The molecule has 1 aliphatic heterocycles. The highest BCUT2D eigenvalue weighted by Crippen LogP contribution is 2.30. The lowest BCUT2D eigenvalue weighted by Crippen LogP contribution is -2.36. The molecule has 0 saturated carbocycles. The molecule has 1 heterocycles. The number of nitro benzene ring substituents is 1. The second-order valence-corrected chi connectivity index (χ2v) is 6.29. The van der Waals surface area contributed by atoms with Crippen LogP contribution in [-0.2, 0) is 9.47 Å². The number of nitro groups is 1. The van der Waals surface area contributed by atoms with E-state index in [-0.39, 0.29) is 17.0 Å². The van der Waals surface area contributed by atoms with Crippen molar-refractivity contribution in [1.82, 2.24) is 0 Å². The van der Waals surface area contributed by atoms with E-state index in [2.05, 4.69) is 0 Å². The van der Waals surface area contributed by atoms with Crippen molar-refractivity contribution >= 4 is 23.1 Å². The number of nitrogens with zero attached hydrogens (tertiary/aromatic N) is 2. The largest absolute Gasteiger partial charge is 0.497 e. The van der Waals surface area contributed by atoms with Gasteiger partial charge in [-0.25, -0.2) is 4.79 Å². The summed E-state index contributed by atoms with van der Waals surface area (Å²) in [6, 6.07) is 10.5. The number of Topliss-reactive ketones (excluding diaryl/α,β-unsaturated/α-hetero) is 1. The first-order valence-electron chi connectivity index (χ1n) is 8.95. The van der Waals surface area contributed by atoms with Crippen LogP contribution in [0.2, 0.25) is 0 Å². The van der Waals surface area contributed by atoms with Gasteiger partial charge in [0.05, 0.1) is 30.8 Å². The number of morpholine rings is 1. The predicted molar refractivity (Wildman–Crippen MR) is 104 cm³/mol. The molecule has 0 atom stereocenters. The van der Waals surface area contributed by atoms with Crippen LogP contribution in [0.1, 0.15) is 20.7 Å². The Hall–Kier alpha value is -3.46. The van der Waals surface area contributed by atoms with E-state index >= 15 is 0 Å². The van der Waals surface area contributed by atoms with Crippen molar-refractivity contribution in [3.63, 3.8) is 0 Å². The van der Waals surface area contributed by atoms with Gasteiger partial charge in [0.15, 0.2) is 12.4 Å². The molecule has 1 fully saturated rings. The molecule has 0 unspecified atom stereocenters. The summed E-state index contributed by atoms with van der Waals surface area (Å²) in [6.07, 6.45) is 0. The number of carbonyl (C=O) groups is 2. The predicted octanol–water partition coefficient (Wildman–Crippen LogP) is 2.48. The van der Waals surface area contributed by atoms with Crippen LogP contribution in [0, 0.1) is 10.1 Å². The standard InChI is InChI=1S/C20H20N2O7/c1-27-16-5-2-14(3-6-16)19(23)13-29-20(24)15-4-7-17(18(12-15)22(25)26)21-8-10-28-11-9-21/h2-7,12H,8-11,13H2,1H3. The first-order valence-corrected chi connectivity index (χ1v) is 8.95. The second kappa shape index (κ2) is 9.16. The summed E-state index contributed by atoms with van der Waals surface area (Å²) in [4.78, 5) is 37.2. The number of hydrogen-bond donors (Lipinski definition) is 0.